The van der Waals surface area contributed by atoms with Crippen LogP contribution in [0.3, 0.4) is 0 Å². The number of ether oxygens (including phenoxy) is 3. The van der Waals surface area contributed by atoms with Crippen molar-refractivity contribution in [3.8, 4) is 11.8 Å². The van der Waals surface area contributed by atoms with Gasteiger partial charge >= 0.3 is 12.4 Å². The number of benzene rings is 1. The van der Waals surface area contributed by atoms with Crippen LogP contribution in [0.5, 0.6) is 11.8 Å². The molecule has 0 spiro atoms. The first-order chi connectivity index (χ1) is 12.4. The van der Waals surface area contributed by atoms with E-state index in [0.29, 0.717) is 37.9 Å². The second kappa shape index (κ2) is 7.60. The van der Waals surface area contributed by atoms with E-state index in [4.69, 9.17) is 9.47 Å². The summed E-state index contributed by atoms with van der Waals surface area (Å²) < 4.78 is 50.8. The second-order valence-corrected chi connectivity index (χ2v) is 5.24. The molecule has 0 atom stereocenters. The number of anilines is 3. The highest BCUT2D eigenvalue weighted by Gasteiger charge is 2.31. The van der Waals surface area contributed by atoms with Crippen LogP contribution in [0.1, 0.15) is 0 Å². The summed E-state index contributed by atoms with van der Waals surface area (Å²) in [6.07, 6.45) is -4.73. The molecule has 0 amide bonds. The second-order valence-electron chi connectivity index (χ2n) is 5.24. The molecule has 3 rings (SSSR count). The van der Waals surface area contributed by atoms with Crippen LogP contribution in [0.2, 0.25) is 0 Å². The van der Waals surface area contributed by atoms with Crippen LogP contribution in [0, 0.1) is 0 Å². The smallest absolute Gasteiger partial charge is 0.467 e. The number of rotatable bonds is 5. The lowest BCUT2D eigenvalue weighted by Gasteiger charge is -2.26. The summed E-state index contributed by atoms with van der Waals surface area (Å²) >= 11 is 0. The maximum absolute atomic E-state index is 12.2. The summed E-state index contributed by atoms with van der Waals surface area (Å²) in [6, 6.07) is 5.35. The predicted octanol–water partition coefficient (Wildman–Crippen LogP) is 2.36. The van der Waals surface area contributed by atoms with E-state index >= 15 is 0 Å². The zero-order valence-electron chi connectivity index (χ0n) is 13.8. The largest absolute Gasteiger partial charge is 0.573 e. The Morgan fingerprint density at radius 2 is 1.77 bits per heavy atom. The molecule has 2 heterocycles. The van der Waals surface area contributed by atoms with Crippen LogP contribution in [0.25, 0.3) is 0 Å². The minimum Gasteiger partial charge on any atom is -0.467 e. The third-order valence-electron chi connectivity index (χ3n) is 3.42. The summed E-state index contributed by atoms with van der Waals surface area (Å²) in [7, 11) is 1.44. The minimum absolute atomic E-state index is 0.126. The number of hydrogen-bond acceptors (Lipinski definition) is 8. The molecule has 0 unspecified atom stereocenters. The molecule has 8 nitrogen and oxygen atoms in total. The zero-order valence-corrected chi connectivity index (χ0v) is 13.8. The highest BCUT2D eigenvalue weighted by atomic mass is 19.4. The molecule has 1 saturated heterocycles. The molecule has 0 radical (unpaired) electrons. The Morgan fingerprint density at radius 1 is 1.08 bits per heavy atom. The third kappa shape index (κ3) is 4.85. The Morgan fingerprint density at radius 3 is 2.38 bits per heavy atom. The Hall–Kier alpha value is -2.82. The quantitative estimate of drug-likeness (QED) is 0.858. The van der Waals surface area contributed by atoms with E-state index in [2.05, 4.69) is 25.0 Å². The molecule has 1 N–H and O–H groups in total. The first-order valence-corrected chi connectivity index (χ1v) is 7.68. The van der Waals surface area contributed by atoms with Crippen molar-refractivity contribution in [3.63, 3.8) is 0 Å². The van der Waals surface area contributed by atoms with Crippen LogP contribution < -0.4 is 19.7 Å². The topological polar surface area (TPSA) is 81.6 Å². The standard InChI is InChI=1S/C15H16F3N5O3/c1-24-14-21-12(20-13(22-14)23-6-8-25-9-7-23)19-10-2-4-11(5-3-10)26-15(16,17)18/h2-5H,6-9H2,1H3,(H,19,20,21,22). The molecule has 1 aromatic heterocycles. The number of halogens is 3. The van der Waals surface area contributed by atoms with Crippen molar-refractivity contribution in [3.05, 3.63) is 24.3 Å². The highest BCUT2D eigenvalue weighted by molar-refractivity contribution is 5.55. The average molecular weight is 371 g/mol. The average Bonchev–Trinajstić information content (AvgIpc) is 2.62. The van der Waals surface area contributed by atoms with Gasteiger partial charge in [-0.15, -0.1) is 13.2 Å². The van der Waals surface area contributed by atoms with Gasteiger partial charge in [-0.1, -0.05) is 0 Å². The highest BCUT2D eigenvalue weighted by Crippen LogP contribution is 2.25. The van der Waals surface area contributed by atoms with Crippen LogP contribution in [0.4, 0.5) is 30.8 Å². The number of methoxy groups -OCH3 is 1. The van der Waals surface area contributed by atoms with Crippen LogP contribution in [0.15, 0.2) is 24.3 Å². The van der Waals surface area contributed by atoms with Gasteiger partial charge in [-0.05, 0) is 24.3 Å². The minimum atomic E-state index is -4.73. The molecule has 11 heteroatoms. The molecule has 1 aromatic carbocycles. The van der Waals surface area contributed by atoms with Crippen molar-refractivity contribution in [2.75, 3.05) is 43.6 Å². The number of hydrogen-bond donors (Lipinski definition) is 1. The molecule has 26 heavy (non-hydrogen) atoms. The first-order valence-electron chi connectivity index (χ1n) is 7.68. The Kier molecular flexibility index (Phi) is 5.26. The monoisotopic (exact) mass is 371 g/mol. The maximum atomic E-state index is 12.2. The van der Waals surface area contributed by atoms with Crippen LogP contribution in [-0.2, 0) is 4.74 Å². The Bertz CT molecular complexity index is 736. The van der Waals surface area contributed by atoms with Gasteiger partial charge in [0.05, 0.1) is 20.3 Å². The lowest BCUT2D eigenvalue weighted by atomic mass is 10.3. The van der Waals surface area contributed by atoms with Gasteiger partial charge in [0.25, 0.3) is 0 Å². The van der Waals surface area contributed by atoms with Gasteiger partial charge in [-0.3, -0.25) is 0 Å². The molecule has 0 aliphatic carbocycles. The van der Waals surface area contributed by atoms with Gasteiger partial charge in [-0.25, -0.2) is 0 Å². The lowest BCUT2D eigenvalue weighted by Crippen LogP contribution is -2.37. The molecule has 1 aliphatic rings. The van der Waals surface area contributed by atoms with Gasteiger partial charge in [0.15, 0.2) is 0 Å². The zero-order chi connectivity index (χ0) is 18.6. The van der Waals surface area contributed by atoms with Crippen molar-refractivity contribution >= 4 is 17.6 Å². The first kappa shape index (κ1) is 18.0. The summed E-state index contributed by atoms with van der Waals surface area (Å²) in [5.74, 6) is 0.327. The summed E-state index contributed by atoms with van der Waals surface area (Å²) in [5, 5.41) is 2.91. The number of alkyl halides is 3. The number of aromatic nitrogens is 3. The van der Waals surface area contributed by atoms with Gasteiger partial charge in [0.1, 0.15) is 5.75 Å². The maximum Gasteiger partial charge on any atom is 0.573 e. The molecule has 140 valence electrons. The van der Waals surface area contributed by atoms with E-state index in [-0.39, 0.29) is 17.7 Å². The normalized spacial score (nSPS) is 14.8. The van der Waals surface area contributed by atoms with Crippen molar-refractivity contribution in [1.29, 1.82) is 0 Å². The molecule has 0 saturated carbocycles. The van der Waals surface area contributed by atoms with E-state index in [9.17, 15) is 13.2 Å². The molecule has 1 fully saturated rings. The van der Waals surface area contributed by atoms with E-state index in [0.717, 1.165) is 0 Å². The lowest BCUT2D eigenvalue weighted by molar-refractivity contribution is -0.274. The van der Waals surface area contributed by atoms with Crippen molar-refractivity contribution in [2.24, 2.45) is 0 Å². The fourth-order valence-electron chi connectivity index (χ4n) is 2.27. The van der Waals surface area contributed by atoms with E-state index in [1.165, 1.54) is 31.4 Å². The predicted molar refractivity (Wildman–Crippen MR) is 85.8 cm³/mol. The Labute approximate surface area is 146 Å². The fourth-order valence-corrected chi connectivity index (χ4v) is 2.27. The van der Waals surface area contributed by atoms with Crippen molar-refractivity contribution in [2.45, 2.75) is 6.36 Å². The van der Waals surface area contributed by atoms with Crippen molar-refractivity contribution in [1.82, 2.24) is 15.0 Å². The van der Waals surface area contributed by atoms with E-state index in [1.807, 2.05) is 4.90 Å². The van der Waals surface area contributed by atoms with Crippen LogP contribution in [-0.4, -0.2) is 54.7 Å². The summed E-state index contributed by atoms with van der Waals surface area (Å²) in [6.45, 7) is 2.40. The molecule has 2 aromatic rings. The number of nitrogens with zero attached hydrogens (tertiary/aromatic N) is 4. The SMILES string of the molecule is COc1nc(Nc2ccc(OC(F)(F)F)cc2)nc(N2CCOCC2)n1. The van der Waals surface area contributed by atoms with Gasteiger partial charge in [0.2, 0.25) is 11.9 Å². The number of nitrogens with one attached hydrogen (secondary N) is 1. The fraction of sp³-hybridized carbons (Fsp3) is 0.400. The molecular formula is C15H16F3N5O3. The van der Waals surface area contributed by atoms with Gasteiger partial charge < -0.3 is 24.4 Å². The molecule has 1 aliphatic heterocycles. The van der Waals surface area contributed by atoms with E-state index in [1.54, 1.807) is 0 Å². The Balaban J connectivity index is 1.76. The van der Waals surface area contributed by atoms with Gasteiger partial charge in [0, 0.05) is 18.8 Å². The molecular weight excluding hydrogens is 355 g/mol. The summed E-state index contributed by atoms with van der Waals surface area (Å²) in [4.78, 5) is 14.6. The van der Waals surface area contributed by atoms with E-state index < -0.39 is 6.36 Å². The van der Waals surface area contributed by atoms with Gasteiger partial charge in [-0.2, -0.15) is 15.0 Å². The van der Waals surface area contributed by atoms with Crippen molar-refractivity contribution < 1.29 is 27.4 Å². The number of morpholine rings is 1. The molecule has 0 bridgehead atoms. The summed E-state index contributed by atoms with van der Waals surface area (Å²) in [5.41, 5.74) is 0.487. The third-order valence-corrected chi connectivity index (χ3v) is 3.42. The van der Waals surface area contributed by atoms with Crippen LogP contribution >= 0.6 is 0 Å².